The van der Waals surface area contributed by atoms with E-state index in [0.29, 0.717) is 11.3 Å². The van der Waals surface area contributed by atoms with E-state index < -0.39 is 17.6 Å². The average Bonchev–Trinajstić information content (AvgIpc) is 2.69. The molecule has 9 heteroatoms. The lowest BCUT2D eigenvalue weighted by Crippen LogP contribution is -2.08. The van der Waals surface area contributed by atoms with Gasteiger partial charge in [-0.15, -0.1) is 0 Å². The summed E-state index contributed by atoms with van der Waals surface area (Å²) < 4.78 is 32.8. The number of halogens is 3. The molecular formula is C19H14ClF2N3O3. The molecule has 0 spiro atoms. The minimum absolute atomic E-state index is 0.00107. The van der Waals surface area contributed by atoms with Gasteiger partial charge in [-0.1, -0.05) is 23.7 Å². The number of nitrogens with zero attached hydrogens (tertiary/aromatic N) is 2. The summed E-state index contributed by atoms with van der Waals surface area (Å²) in [5, 5.41) is 8.65. The van der Waals surface area contributed by atoms with Crippen LogP contribution in [0.1, 0.15) is 15.9 Å². The van der Waals surface area contributed by atoms with E-state index in [-0.39, 0.29) is 40.9 Å². The van der Waals surface area contributed by atoms with Gasteiger partial charge in [-0.3, -0.25) is 0 Å². The summed E-state index contributed by atoms with van der Waals surface area (Å²) in [6, 6.07) is 7.97. The summed E-state index contributed by atoms with van der Waals surface area (Å²) >= 11 is 5.79. The molecule has 0 aliphatic rings. The maximum Gasteiger partial charge on any atom is 0.335 e. The van der Waals surface area contributed by atoms with Gasteiger partial charge in [0.1, 0.15) is 11.6 Å². The highest BCUT2D eigenvalue weighted by atomic mass is 35.5. The number of rotatable bonds is 6. The fourth-order valence-electron chi connectivity index (χ4n) is 2.46. The van der Waals surface area contributed by atoms with Crippen molar-refractivity contribution in [3.05, 3.63) is 70.4 Å². The van der Waals surface area contributed by atoms with Gasteiger partial charge in [-0.05, 0) is 24.3 Å². The zero-order chi connectivity index (χ0) is 20.3. The van der Waals surface area contributed by atoms with Crippen molar-refractivity contribution in [3.63, 3.8) is 0 Å². The summed E-state index contributed by atoms with van der Waals surface area (Å²) in [6.07, 6.45) is 1.42. The Balaban J connectivity index is 1.75. The Labute approximate surface area is 163 Å². The zero-order valence-corrected chi connectivity index (χ0v) is 15.1. The van der Waals surface area contributed by atoms with Crippen molar-refractivity contribution < 1.29 is 23.4 Å². The predicted molar refractivity (Wildman–Crippen MR) is 99.4 cm³/mol. The van der Waals surface area contributed by atoms with Gasteiger partial charge in [-0.2, -0.15) is 0 Å². The Morgan fingerprint density at radius 3 is 2.50 bits per heavy atom. The van der Waals surface area contributed by atoms with Crippen LogP contribution >= 0.6 is 11.6 Å². The van der Waals surface area contributed by atoms with E-state index in [9.17, 15) is 13.6 Å². The lowest BCUT2D eigenvalue weighted by molar-refractivity contribution is 0.0697. The van der Waals surface area contributed by atoms with Gasteiger partial charge in [0.2, 0.25) is 0 Å². The number of aromatic nitrogens is 2. The fourth-order valence-corrected chi connectivity index (χ4v) is 2.71. The van der Waals surface area contributed by atoms with Gasteiger partial charge in [0.05, 0.1) is 29.1 Å². The van der Waals surface area contributed by atoms with E-state index in [1.165, 1.54) is 18.3 Å². The molecule has 3 N–H and O–H groups in total. The van der Waals surface area contributed by atoms with Crippen molar-refractivity contribution in [2.75, 3.05) is 12.3 Å². The lowest BCUT2D eigenvalue weighted by atomic mass is 10.1. The number of carboxylic acid groups (broad SMARTS) is 1. The average molecular weight is 406 g/mol. The van der Waals surface area contributed by atoms with Crippen molar-refractivity contribution in [1.29, 1.82) is 0 Å². The van der Waals surface area contributed by atoms with Gasteiger partial charge >= 0.3 is 5.97 Å². The Bertz CT molecular complexity index is 1030. The molecule has 2 aromatic carbocycles. The third kappa shape index (κ3) is 4.17. The molecule has 1 heterocycles. The minimum atomic E-state index is -1.04. The Morgan fingerprint density at radius 2 is 1.82 bits per heavy atom. The number of carbonyl (C=O) groups is 1. The standard InChI is InChI=1S/C19H14ClF2N3O3/c20-16-12(13(21)5-6-14(16)22)7-8-28-18-17(23)24-9-15(25-18)10-1-3-11(4-2-10)19(26)27/h1-6,9H,7-8H2,(H2,23,24)(H,26,27). The third-order valence-electron chi connectivity index (χ3n) is 3.92. The second-order valence-corrected chi connectivity index (χ2v) is 6.13. The van der Waals surface area contributed by atoms with E-state index in [1.54, 1.807) is 12.1 Å². The molecular weight excluding hydrogens is 392 g/mol. The van der Waals surface area contributed by atoms with Gasteiger partial charge in [0.25, 0.3) is 5.88 Å². The molecule has 0 amide bonds. The molecule has 0 unspecified atom stereocenters. The van der Waals surface area contributed by atoms with Crippen LogP contribution in [0.4, 0.5) is 14.6 Å². The van der Waals surface area contributed by atoms with Crippen LogP contribution in [0.5, 0.6) is 5.88 Å². The first-order chi connectivity index (χ1) is 13.4. The number of ether oxygens (including phenoxy) is 1. The molecule has 3 rings (SSSR count). The first-order valence-electron chi connectivity index (χ1n) is 8.08. The monoisotopic (exact) mass is 405 g/mol. The first kappa shape index (κ1) is 19.5. The second kappa shape index (κ2) is 8.18. The number of benzene rings is 2. The maximum absolute atomic E-state index is 13.8. The van der Waals surface area contributed by atoms with Crippen LogP contribution in [0, 0.1) is 11.6 Å². The first-order valence-corrected chi connectivity index (χ1v) is 8.46. The Kier molecular flexibility index (Phi) is 5.70. The van der Waals surface area contributed by atoms with E-state index in [1.807, 2.05) is 0 Å². The van der Waals surface area contributed by atoms with Gasteiger partial charge < -0.3 is 15.6 Å². The molecule has 1 aromatic heterocycles. The van der Waals surface area contributed by atoms with Crippen molar-refractivity contribution in [2.24, 2.45) is 0 Å². The summed E-state index contributed by atoms with van der Waals surface area (Å²) in [7, 11) is 0. The van der Waals surface area contributed by atoms with Crippen LogP contribution in [-0.2, 0) is 6.42 Å². The quantitative estimate of drug-likeness (QED) is 0.602. The second-order valence-electron chi connectivity index (χ2n) is 5.75. The molecule has 0 saturated heterocycles. The molecule has 0 aliphatic carbocycles. The van der Waals surface area contributed by atoms with Crippen LogP contribution in [0.25, 0.3) is 11.3 Å². The maximum atomic E-state index is 13.8. The largest absolute Gasteiger partial charge is 0.478 e. The summed E-state index contributed by atoms with van der Waals surface area (Å²) in [4.78, 5) is 19.2. The van der Waals surface area contributed by atoms with Gasteiger partial charge in [-0.25, -0.2) is 23.5 Å². The van der Waals surface area contributed by atoms with Crippen molar-refractivity contribution in [3.8, 4) is 17.1 Å². The third-order valence-corrected chi connectivity index (χ3v) is 4.33. The van der Waals surface area contributed by atoms with E-state index in [2.05, 4.69) is 9.97 Å². The predicted octanol–water partition coefficient (Wildman–Crippen LogP) is 3.98. The summed E-state index contributed by atoms with van der Waals surface area (Å²) in [5.41, 5.74) is 6.91. The van der Waals surface area contributed by atoms with Crippen LogP contribution < -0.4 is 10.5 Å². The summed E-state index contributed by atoms with van der Waals surface area (Å²) in [5.74, 6) is -2.35. The van der Waals surface area contributed by atoms with Crippen LogP contribution in [0.15, 0.2) is 42.6 Å². The van der Waals surface area contributed by atoms with Crippen LogP contribution in [-0.4, -0.2) is 27.7 Å². The number of hydrogen-bond donors (Lipinski definition) is 2. The van der Waals surface area contributed by atoms with Crippen LogP contribution in [0.3, 0.4) is 0 Å². The van der Waals surface area contributed by atoms with E-state index in [0.717, 1.165) is 12.1 Å². The molecule has 0 atom stereocenters. The number of nitrogens with two attached hydrogens (primary N) is 1. The highest BCUT2D eigenvalue weighted by Gasteiger charge is 2.14. The molecule has 6 nitrogen and oxygen atoms in total. The number of hydrogen-bond acceptors (Lipinski definition) is 5. The van der Waals surface area contributed by atoms with E-state index >= 15 is 0 Å². The number of aromatic carboxylic acids is 1. The molecule has 0 fully saturated rings. The summed E-state index contributed by atoms with van der Waals surface area (Å²) in [6.45, 7) is -0.0552. The van der Waals surface area contributed by atoms with Crippen LogP contribution in [0.2, 0.25) is 5.02 Å². The minimum Gasteiger partial charge on any atom is -0.478 e. The molecule has 0 aliphatic heterocycles. The molecule has 0 bridgehead atoms. The Morgan fingerprint density at radius 1 is 1.14 bits per heavy atom. The highest BCUT2D eigenvalue weighted by Crippen LogP contribution is 2.25. The number of nitrogen functional groups attached to an aromatic ring is 1. The molecule has 3 aromatic rings. The van der Waals surface area contributed by atoms with Crippen molar-refractivity contribution in [2.45, 2.75) is 6.42 Å². The number of carboxylic acids is 1. The van der Waals surface area contributed by atoms with Crippen molar-refractivity contribution >= 4 is 23.4 Å². The zero-order valence-electron chi connectivity index (χ0n) is 14.3. The lowest BCUT2D eigenvalue weighted by Gasteiger charge is -2.11. The smallest absolute Gasteiger partial charge is 0.335 e. The van der Waals surface area contributed by atoms with Gasteiger partial charge in [0.15, 0.2) is 5.82 Å². The number of anilines is 1. The fraction of sp³-hybridized carbons (Fsp3) is 0.105. The SMILES string of the molecule is Nc1ncc(-c2ccc(C(=O)O)cc2)nc1OCCc1c(F)ccc(F)c1Cl. The Hall–Kier alpha value is -3.26. The normalized spacial score (nSPS) is 10.7. The molecule has 28 heavy (non-hydrogen) atoms. The topological polar surface area (TPSA) is 98.3 Å². The highest BCUT2D eigenvalue weighted by molar-refractivity contribution is 6.31. The molecule has 144 valence electrons. The molecule has 0 radical (unpaired) electrons. The van der Waals surface area contributed by atoms with Gasteiger partial charge in [0, 0.05) is 17.5 Å². The van der Waals surface area contributed by atoms with Crippen molar-refractivity contribution in [1.82, 2.24) is 9.97 Å². The van der Waals surface area contributed by atoms with E-state index in [4.69, 9.17) is 27.2 Å². The molecule has 0 saturated carbocycles.